The van der Waals surface area contributed by atoms with Gasteiger partial charge in [-0.3, -0.25) is 4.98 Å². The van der Waals surface area contributed by atoms with Crippen molar-refractivity contribution in [2.75, 3.05) is 13.1 Å². The predicted molar refractivity (Wildman–Crippen MR) is 65.4 cm³/mol. The molecule has 0 bridgehead atoms. The van der Waals surface area contributed by atoms with Gasteiger partial charge < -0.3 is 9.88 Å². The zero-order chi connectivity index (χ0) is 11.0. The van der Waals surface area contributed by atoms with E-state index in [0.29, 0.717) is 0 Å². The van der Waals surface area contributed by atoms with Crippen LogP contribution >= 0.6 is 0 Å². The third-order valence-electron chi connectivity index (χ3n) is 3.54. The Morgan fingerprint density at radius 1 is 1.56 bits per heavy atom. The summed E-state index contributed by atoms with van der Waals surface area (Å²) in [4.78, 5) is 4.23. The third-order valence-corrected chi connectivity index (χ3v) is 3.54. The van der Waals surface area contributed by atoms with Gasteiger partial charge in [-0.1, -0.05) is 0 Å². The number of pyridine rings is 1. The highest BCUT2D eigenvalue weighted by molar-refractivity contribution is 5.82. The Balaban J connectivity index is 1.96. The van der Waals surface area contributed by atoms with E-state index in [1.165, 1.54) is 35.9 Å². The van der Waals surface area contributed by atoms with Crippen molar-refractivity contribution in [3.05, 3.63) is 30.2 Å². The molecule has 1 aliphatic rings. The van der Waals surface area contributed by atoms with Gasteiger partial charge in [0.25, 0.3) is 0 Å². The van der Waals surface area contributed by atoms with Crippen molar-refractivity contribution in [2.24, 2.45) is 13.0 Å². The summed E-state index contributed by atoms with van der Waals surface area (Å²) in [5.41, 5.74) is 2.73. The average Bonchev–Trinajstić information content (AvgIpc) is 2.90. The molecule has 1 aliphatic heterocycles. The maximum absolute atomic E-state index is 4.23. The van der Waals surface area contributed by atoms with Gasteiger partial charge in [0, 0.05) is 31.0 Å². The first kappa shape index (κ1) is 9.85. The number of nitrogens with zero attached hydrogens (tertiary/aromatic N) is 2. The van der Waals surface area contributed by atoms with Crippen molar-refractivity contribution in [2.45, 2.75) is 12.8 Å². The monoisotopic (exact) mass is 215 g/mol. The van der Waals surface area contributed by atoms with Crippen molar-refractivity contribution in [1.29, 1.82) is 0 Å². The summed E-state index contributed by atoms with van der Waals surface area (Å²) in [6.45, 7) is 2.34. The first-order chi connectivity index (χ1) is 7.84. The van der Waals surface area contributed by atoms with Crippen LogP contribution in [0.4, 0.5) is 0 Å². The third kappa shape index (κ3) is 1.61. The van der Waals surface area contributed by atoms with Crippen molar-refractivity contribution >= 4 is 10.9 Å². The molecule has 3 nitrogen and oxygen atoms in total. The molecule has 3 rings (SSSR count). The van der Waals surface area contributed by atoms with Gasteiger partial charge in [0.05, 0.1) is 5.52 Å². The largest absolute Gasteiger partial charge is 0.350 e. The molecular formula is C13H17N3. The van der Waals surface area contributed by atoms with E-state index in [-0.39, 0.29) is 0 Å². The molecule has 1 unspecified atom stereocenters. The summed E-state index contributed by atoms with van der Waals surface area (Å²) >= 11 is 0. The van der Waals surface area contributed by atoms with Crippen LogP contribution in [0.25, 0.3) is 10.9 Å². The first-order valence-electron chi connectivity index (χ1n) is 5.93. The van der Waals surface area contributed by atoms with Crippen molar-refractivity contribution in [1.82, 2.24) is 14.9 Å². The molecule has 1 N–H and O–H groups in total. The zero-order valence-electron chi connectivity index (χ0n) is 9.61. The fourth-order valence-corrected chi connectivity index (χ4v) is 2.68. The Kier molecular flexibility index (Phi) is 2.40. The Morgan fingerprint density at radius 3 is 3.31 bits per heavy atom. The van der Waals surface area contributed by atoms with Crippen LogP contribution < -0.4 is 5.32 Å². The second-order valence-electron chi connectivity index (χ2n) is 4.72. The number of aryl methyl sites for hydroxylation is 1. The Hall–Kier alpha value is -1.35. The molecule has 0 aromatic carbocycles. The quantitative estimate of drug-likeness (QED) is 0.826. The van der Waals surface area contributed by atoms with Gasteiger partial charge in [-0.15, -0.1) is 0 Å². The zero-order valence-corrected chi connectivity index (χ0v) is 9.61. The number of hydrogen-bond acceptors (Lipinski definition) is 2. The lowest BCUT2D eigenvalue weighted by Gasteiger charge is -2.06. The van der Waals surface area contributed by atoms with Crippen LogP contribution in [0.15, 0.2) is 24.7 Å². The summed E-state index contributed by atoms with van der Waals surface area (Å²) in [6.07, 6.45) is 8.59. The normalized spacial score (nSPS) is 20.7. The number of aromatic nitrogens is 2. The minimum absolute atomic E-state index is 0.797. The van der Waals surface area contributed by atoms with Gasteiger partial charge in [0.2, 0.25) is 0 Å². The molecule has 1 saturated heterocycles. The fraction of sp³-hybridized carbons (Fsp3) is 0.462. The summed E-state index contributed by atoms with van der Waals surface area (Å²) in [6, 6.07) is 2.09. The standard InChI is InChI=1S/C13H17N3/c1-16-9-11(6-10-2-4-14-7-10)12-8-15-5-3-13(12)16/h3,5,8-10,14H,2,4,6-7H2,1H3. The van der Waals surface area contributed by atoms with Gasteiger partial charge in [-0.2, -0.15) is 0 Å². The maximum atomic E-state index is 4.23. The molecule has 3 heteroatoms. The lowest BCUT2D eigenvalue weighted by Crippen LogP contribution is -2.10. The molecule has 84 valence electrons. The first-order valence-corrected chi connectivity index (χ1v) is 5.93. The second kappa shape index (κ2) is 3.91. The minimum Gasteiger partial charge on any atom is -0.350 e. The molecule has 1 atom stereocenters. The minimum atomic E-state index is 0.797. The van der Waals surface area contributed by atoms with Crippen LogP contribution in [-0.2, 0) is 13.5 Å². The van der Waals surface area contributed by atoms with Crippen LogP contribution in [0.3, 0.4) is 0 Å². The fourth-order valence-electron chi connectivity index (χ4n) is 2.68. The molecule has 2 aromatic heterocycles. The second-order valence-corrected chi connectivity index (χ2v) is 4.72. The van der Waals surface area contributed by atoms with Crippen LogP contribution in [0.2, 0.25) is 0 Å². The van der Waals surface area contributed by atoms with Crippen molar-refractivity contribution in [3.8, 4) is 0 Å². The van der Waals surface area contributed by atoms with Crippen LogP contribution in [0, 0.1) is 5.92 Å². The van der Waals surface area contributed by atoms with E-state index < -0.39 is 0 Å². The summed E-state index contributed by atoms with van der Waals surface area (Å²) in [7, 11) is 2.11. The lowest BCUT2D eigenvalue weighted by atomic mass is 9.99. The smallest absolute Gasteiger partial charge is 0.0511 e. The maximum Gasteiger partial charge on any atom is 0.0511 e. The molecule has 2 aromatic rings. The molecule has 3 heterocycles. The highest BCUT2D eigenvalue weighted by Crippen LogP contribution is 2.23. The van der Waals surface area contributed by atoms with E-state index >= 15 is 0 Å². The van der Waals surface area contributed by atoms with Gasteiger partial charge in [-0.05, 0) is 43.5 Å². The van der Waals surface area contributed by atoms with Gasteiger partial charge in [-0.25, -0.2) is 0 Å². The summed E-state index contributed by atoms with van der Waals surface area (Å²) in [5, 5.41) is 4.74. The van der Waals surface area contributed by atoms with Crippen LogP contribution in [-0.4, -0.2) is 22.6 Å². The SMILES string of the molecule is Cn1cc(CC2CCNC2)c2cnccc21. The highest BCUT2D eigenvalue weighted by atomic mass is 14.9. The van der Waals surface area contributed by atoms with Gasteiger partial charge >= 0.3 is 0 Å². The van der Waals surface area contributed by atoms with Crippen LogP contribution in [0.5, 0.6) is 0 Å². The molecule has 16 heavy (non-hydrogen) atoms. The van der Waals surface area contributed by atoms with E-state index in [1.54, 1.807) is 0 Å². The number of rotatable bonds is 2. The molecule has 0 saturated carbocycles. The predicted octanol–water partition coefficient (Wildman–Crippen LogP) is 1.73. The average molecular weight is 215 g/mol. The summed E-state index contributed by atoms with van der Waals surface area (Å²) < 4.78 is 2.20. The molecule has 0 amide bonds. The number of fused-ring (bicyclic) bond motifs is 1. The number of hydrogen-bond donors (Lipinski definition) is 1. The molecular weight excluding hydrogens is 198 g/mol. The van der Waals surface area contributed by atoms with E-state index in [4.69, 9.17) is 0 Å². The van der Waals surface area contributed by atoms with Crippen molar-refractivity contribution < 1.29 is 0 Å². The molecule has 0 aliphatic carbocycles. The van der Waals surface area contributed by atoms with E-state index in [0.717, 1.165) is 12.5 Å². The van der Waals surface area contributed by atoms with E-state index in [2.05, 4.69) is 34.2 Å². The molecule has 0 spiro atoms. The van der Waals surface area contributed by atoms with Crippen molar-refractivity contribution in [3.63, 3.8) is 0 Å². The molecule has 1 fully saturated rings. The summed E-state index contributed by atoms with van der Waals surface area (Å²) in [5.74, 6) is 0.797. The Labute approximate surface area is 95.5 Å². The molecule has 0 radical (unpaired) electrons. The Bertz CT molecular complexity index is 495. The van der Waals surface area contributed by atoms with Gasteiger partial charge in [0.15, 0.2) is 0 Å². The van der Waals surface area contributed by atoms with Crippen LogP contribution in [0.1, 0.15) is 12.0 Å². The lowest BCUT2D eigenvalue weighted by molar-refractivity contribution is 0.581. The van der Waals surface area contributed by atoms with E-state index in [1.807, 2.05) is 12.4 Å². The number of nitrogens with one attached hydrogen (secondary N) is 1. The Morgan fingerprint density at radius 2 is 2.50 bits per heavy atom. The topological polar surface area (TPSA) is 29.9 Å². The highest BCUT2D eigenvalue weighted by Gasteiger charge is 2.17. The van der Waals surface area contributed by atoms with E-state index in [9.17, 15) is 0 Å². The van der Waals surface area contributed by atoms with Gasteiger partial charge in [0.1, 0.15) is 0 Å².